The third-order valence-corrected chi connectivity index (χ3v) is 9.36. The summed E-state index contributed by atoms with van der Waals surface area (Å²) < 4.78 is 0. The molecule has 178 valence electrons. The molecule has 7 heteroatoms. The number of piperidine rings is 1. The Morgan fingerprint density at radius 3 is 2.59 bits per heavy atom. The summed E-state index contributed by atoms with van der Waals surface area (Å²) >= 11 is 1.63. The molecule has 0 spiro atoms. The predicted octanol–water partition coefficient (Wildman–Crippen LogP) is 4.56. The van der Waals surface area contributed by atoms with Gasteiger partial charge in [0, 0.05) is 18.0 Å². The topological polar surface area (TPSA) is 85.7 Å². The first-order valence-corrected chi connectivity index (χ1v) is 13.2. The molecule has 34 heavy (non-hydrogen) atoms. The average Bonchev–Trinajstić information content (AvgIpc) is 3.56. The van der Waals surface area contributed by atoms with E-state index in [9.17, 15) is 10.1 Å². The molecule has 1 amide bonds. The molecule has 0 radical (unpaired) electrons. The highest BCUT2D eigenvalue weighted by molar-refractivity contribution is 7.10. The number of carbonyl (C=O) groups excluding carboxylic acids is 1. The minimum absolute atomic E-state index is 0.0794. The highest BCUT2D eigenvalue weighted by Gasteiger charge is 2.51. The number of nitrogens with zero attached hydrogens (tertiary/aromatic N) is 4. The van der Waals surface area contributed by atoms with E-state index in [-0.39, 0.29) is 23.7 Å². The SMILES string of the molecule is CN1C(=O)C(C2CCN(C3CCCC3)CC2)[C@@](C)(c2cc(-c3cccc(C#N)c3)cs2)N=C1N. The van der Waals surface area contributed by atoms with Crippen LogP contribution in [0.1, 0.15) is 55.9 Å². The van der Waals surface area contributed by atoms with Crippen LogP contribution in [0.15, 0.2) is 40.7 Å². The van der Waals surface area contributed by atoms with Crippen LogP contribution in [0.3, 0.4) is 0 Å². The van der Waals surface area contributed by atoms with Crippen molar-refractivity contribution in [1.29, 1.82) is 5.26 Å². The molecule has 2 atom stereocenters. The molecule has 1 aromatic heterocycles. The number of amides is 1. The Balaban J connectivity index is 1.45. The Kier molecular flexibility index (Phi) is 6.22. The van der Waals surface area contributed by atoms with Gasteiger partial charge in [0.2, 0.25) is 5.91 Å². The maximum Gasteiger partial charge on any atom is 0.235 e. The summed E-state index contributed by atoms with van der Waals surface area (Å²) in [6.45, 7) is 4.21. The molecule has 2 aromatic rings. The van der Waals surface area contributed by atoms with Crippen molar-refractivity contribution in [2.45, 2.75) is 57.0 Å². The smallest absolute Gasteiger partial charge is 0.235 e. The number of benzene rings is 1. The Bertz CT molecular complexity index is 1140. The molecule has 0 bridgehead atoms. The summed E-state index contributed by atoms with van der Waals surface area (Å²) in [6, 6.07) is 12.7. The zero-order valence-electron chi connectivity index (χ0n) is 20.0. The fourth-order valence-electron chi connectivity index (χ4n) is 6.22. The number of rotatable bonds is 4. The molecular formula is C27H33N5OS. The van der Waals surface area contributed by atoms with E-state index < -0.39 is 5.54 Å². The van der Waals surface area contributed by atoms with Crippen LogP contribution < -0.4 is 5.73 Å². The lowest BCUT2D eigenvalue weighted by Crippen LogP contribution is -2.57. The van der Waals surface area contributed by atoms with Gasteiger partial charge in [0.15, 0.2) is 5.96 Å². The number of guanidine groups is 1. The third-order valence-electron chi connectivity index (χ3n) is 8.20. The van der Waals surface area contributed by atoms with Gasteiger partial charge in [-0.2, -0.15) is 5.26 Å². The van der Waals surface area contributed by atoms with E-state index in [2.05, 4.69) is 29.3 Å². The van der Waals surface area contributed by atoms with Gasteiger partial charge in [-0.1, -0.05) is 25.0 Å². The van der Waals surface area contributed by atoms with Crippen LogP contribution in [-0.2, 0) is 10.3 Å². The Morgan fingerprint density at radius 1 is 1.15 bits per heavy atom. The molecule has 6 nitrogen and oxygen atoms in total. The molecule has 1 saturated heterocycles. The minimum atomic E-state index is -0.691. The van der Waals surface area contributed by atoms with Crippen LogP contribution in [0, 0.1) is 23.2 Å². The number of carbonyl (C=O) groups is 1. The van der Waals surface area contributed by atoms with Crippen molar-refractivity contribution in [3.8, 4) is 17.2 Å². The number of thiophene rings is 1. The molecule has 3 heterocycles. The van der Waals surface area contributed by atoms with E-state index >= 15 is 0 Å². The van der Waals surface area contributed by atoms with E-state index in [1.165, 1.54) is 25.7 Å². The molecule has 2 N–H and O–H groups in total. The zero-order chi connectivity index (χ0) is 23.9. The average molecular weight is 476 g/mol. The second-order valence-electron chi connectivity index (χ2n) is 10.2. The number of hydrogen-bond acceptors (Lipinski definition) is 6. The van der Waals surface area contributed by atoms with E-state index in [1.807, 2.05) is 24.3 Å². The highest BCUT2D eigenvalue weighted by Crippen LogP contribution is 2.47. The summed E-state index contributed by atoms with van der Waals surface area (Å²) in [6.07, 6.45) is 7.38. The van der Waals surface area contributed by atoms with Gasteiger partial charge >= 0.3 is 0 Å². The summed E-state index contributed by atoms with van der Waals surface area (Å²) in [5.74, 6) is 0.415. The van der Waals surface area contributed by atoms with Gasteiger partial charge in [-0.3, -0.25) is 9.69 Å². The first-order chi connectivity index (χ1) is 16.4. The zero-order valence-corrected chi connectivity index (χ0v) is 20.9. The summed E-state index contributed by atoms with van der Waals surface area (Å²) in [7, 11) is 1.74. The number of likely N-dealkylation sites (tertiary alicyclic amines) is 1. The largest absolute Gasteiger partial charge is 0.369 e. The van der Waals surface area contributed by atoms with E-state index in [0.29, 0.717) is 5.56 Å². The van der Waals surface area contributed by atoms with Crippen LogP contribution in [0.2, 0.25) is 0 Å². The lowest BCUT2D eigenvalue weighted by Gasteiger charge is -2.46. The fourth-order valence-corrected chi connectivity index (χ4v) is 7.29. The van der Waals surface area contributed by atoms with Crippen molar-refractivity contribution in [3.63, 3.8) is 0 Å². The molecule has 3 aliphatic rings. The lowest BCUT2D eigenvalue weighted by molar-refractivity contribution is -0.137. The predicted molar refractivity (Wildman–Crippen MR) is 136 cm³/mol. The van der Waals surface area contributed by atoms with E-state index in [4.69, 9.17) is 10.7 Å². The number of hydrogen-bond donors (Lipinski definition) is 1. The summed E-state index contributed by atoms with van der Waals surface area (Å²) in [5.41, 5.74) is 8.25. The van der Waals surface area contributed by atoms with Gasteiger partial charge in [0.25, 0.3) is 0 Å². The first-order valence-electron chi connectivity index (χ1n) is 12.4. The Morgan fingerprint density at radius 2 is 1.88 bits per heavy atom. The standard InChI is InChI=1S/C27H33N5OS/c1-27(23-15-21(17-34-23)20-7-5-6-18(14-20)16-28)24(25(33)31(2)26(29)30-27)19-10-12-32(13-11-19)22-8-3-4-9-22/h5-7,14-15,17,19,22,24H,3-4,8-13H2,1-2H3,(H2,29,30)/t24?,27-/m1/s1. The van der Waals surface area contributed by atoms with Crippen molar-refractivity contribution in [1.82, 2.24) is 9.80 Å². The van der Waals surface area contributed by atoms with E-state index in [1.54, 1.807) is 23.3 Å². The van der Waals surface area contributed by atoms with Gasteiger partial charge in [0.05, 0.1) is 17.6 Å². The lowest BCUT2D eigenvalue weighted by atomic mass is 9.70. The molecule has 1 unspecified atom stereocenters. The van der Waals surface area contributed by atoms with Gasteiger partial charge < -0.3 is 10.6 Å². The van der Waals surface area contributed by atoms with Gasteiger partial charge in [-0.05, 0) is 86.3 Å². The molecule has 2 aliphatic heterocycles. The number of aliphatic imine (C=N–C) groups is 1. The van der Waals surface area contributed by atoms with Crippen molar-refractivity contribution < 1.29 is 4.79 Å². The van der Waals surface area contributed by atoms with Crippen molar-refractivity contribution in [3.05, 3.63) is 46.2 Å². The number of nitriles is 1. The third kappa shape index (κ3) is 4.03. The Labute approximate surface area is 206 Å². The van der Waals surface area contributed by atoms with Gasteiger partial charge in [-0.15, -0.1) is 11.3 Å². The summed E-state index contributed by atoms with van der Waals surface area (Å²) in [5, 5.41) is 11.4. The normalized spacial score (nSPS) is 27.1. The molecular weight excluding hydrogens is 442 g/mol. The van der Waals surface area contributed by atoms with Crippen LogP contribution >= 0.6 is 11.3 Å². The Hall–Kier alpha value is -2.69. The maximum absolute atomic E-state index is 13.6. The van der Waals surface area contributed by atoms with Gasteiger partial charge in [0.1, 0.15) is 5.54 Å². The summed E-state index contributed by atoms with van der Waals surface area (Å²) in [4.78, 5) is 23.8. The quantitative estimate of drug-likeness (QED) is 0.702. The van der Waals surface area contributed by atoms with Crippen LogP contribution in [0.4, 0.5) is 0 Å². The minimum Gasteiger partial charge on any atom is -0.369 e. The molecule has 5 rings (SSSR count). The van der Waals surface area contributed by atoms with Crippen LogP contribution in [0.25, 0.3) is 11.1 Å². The molecule has 1 saturated carbocycles. The first kappa shape index (κ1) is 23.1. The van der Waals surface area contributed by atoms with Gasteiger partial charge in [-0.25, -0.2) is 4.99 Å². The van der Waals surface area contributed by atoms with E-state index in [0.717, 1.165) is 48.0 Å². The van der Waals surface area contributed by atoms with Crippen molar-refractivity contribution in [2.75, 3.05) is 20.1 Å². The second kappa shape index (κ2) is 9.16. The molecule has 2 fully saturated rings. The van der Waals surface area contributed by atoms with Crippen molar-refractivity contribution >= 4 is 23.2 Å². The highest BCUT2D eigenvalue weighted by atomic mass is 32.1. The molecule has 1 aliphatic carbocycles. The van der Waals surface area contributed by atoms with Crippen LogP contribution in [0.5, 0.6) is 0 Å². The van der Waals surface area contributed by atoms with Crippen molar-refractivity contribution in [2.24, 2.45) is 22.6 Å². The fraction of sp³-hybridized carbons (Fsp3) is 0.519. The number of nitrogens with two attached hydrogens (primary N) is 1. The maximum atomic E-state index is 13.6. The second-order valence-corrected chi connectivity index (χ2v) is 11.1. The molecule has 1 aromatic carbocycles. The van der Waals surface area contributed by atoms with Crippen LogP contribution in [-0.4, -0.2) is 47.8 Å². The monoisotopic (exact) mass is 475 g/mol.